The normalized spacial score (nSPS) is 9.81. The van der Waals surface area contributed by atoms with Crippen LogP contribution in [0.2, 0.25) is 5.02 Å². The number of rotatable bonds is 4. The molecular weight excluding hydrogens is 314 g/mol. The fourth-order valence-corrected chi connectivity index (χ4v) is 2.55. The number of benzene rings is 1. The van der Waals surface area contributed by atoms with E-state index < -0.39 is 4.92 Å². The maximum atomic E-state index is 10.7. The average molecular weight is 324 g/mol. The summed E-state index contributed by atoms with van der Waals surface area (Å²) in [4.78, 5) is 11.0. The van der Waals surface area contributed by atoms with Crippen LogP contribution in [-0.2, 0) is 6.61 Å². The largest absolute Gasteiger partial charge is 0.488 e. The Bertz CT molecular complexity index is 717. The van der Waals surface area contributed by atoms with Crippen molar-refractivity contribution in [2.75, 3.05) is 6.61 Å². The Morgan fingerprint density at radius 1 is 1.43 bits per heavy atom. The van der Waals surface area contributed by atoms with E-state index in [0.717, 1.165) is 10.4 Å². The summed E-state index contributed by atoms with van der Waals surface area (Å²) in [6.07, 6.45) is 0. The van der Waals surface area contributed by atoms with Crippen LogP contribution in [-0.4, -0.2) is 16.6 Å². The van der Waals surface area contributed by atoms with Gasteiger partial charge in [-0.1, -0.05) is 23.4 Å². The minimum Gasteiger partial charge on any atom is -0.488 e. The number of nitro groups is 1. The number of nitro benzene ring substituents is 1. The standard InChI is InChI=1S/C14H10ClNO4S/c15-12-8-11(3-4-13(12)16(18)19)20-9-14-10(2-1-6-17)5-7-21-14/h3-5,7-8,17H,6,9H2. The lowest BCUT2D eigenvalue weighted by Gasteiger charge is -2.05. The number of nitrogens with zero attached hydrogens (tertiary/aromatic N) is 1. The van der Waals surface area contributed by atoms with Crippen LogP contribution in [0.15, 0.2) is 29.6 Å². The van der Waals surface area contributed by atoms with Crippen molar-refractivity contribution in [1.82, 2.24) is 0 Å². The Morgan fingerprint density at radius 3 is 2.90 bits per heavy atom. The van der Waals surface area contributed by atoms with Crippen LogP contribution >= 0.6 is 22.9 Å². The summed E-state index contributed by atoms with van der Waals surface area (Å²) < 4.78 is 5.56. The summed E-state index contributed by atoms with van der Waals surface area (Å²) in [6.45, 7) is 0.0787. The number of hydrogen-bond donors (Lipinski definition) is 1. The van der Waals surface area contributed by atoms with Crippen LogP contribution < -0.4 is 4.74 Å². The van der Waals surface area contributed by atoms with E-state index in [1.807, 2.05) is 11.4 Å². The Balaban J connectivity index is 2.08. The number of aliphatic hydroxyl groups excluding tert-OH is 1. The third-order valence-corrected chi connectivity index (χ3v) is 3.73. The van der Waals surface area contributed by atoms with E-state index in [-0.39, 0.29) is 23.9 Å². The molecule has 5 nitrogen and oxygen atoms in total. The second-order valence-corrected chi connectivity index (χ2v) is 5.28. The number of hydrogen-bond acceptors (Lipinski definition) is 5. The smallest absolute Gasteiger partial charge is 0.288 e. The molecule has 108 valence electrons. The van der Waals surface area contributed by atoms with E-state index in [2.05, 4.69) is 11.8 Å². The molecule has 0 bridgehead atoms. The van der Waals surface area contributed by atoms with Crippen molar-refractivity contribution in [2.24, 2.45) is 0 Å². The highest BCUT2D eigenvalue weighted by atomic mass is 35.5. The zero-order chi connectivity index (χ0) is 15.2. The molecule has 0 aliphatic rings. The molecule has 2 aromatic rings. The molecule has 0 saturated heterocycles. The van der Waals surface area contributed by atoms with Gasteiger partial charge < -0.3 is 9.84 Å². The van der Waals surface area contributed by atoms with Gasteiger partial charge in [0.05, 0.1) is 9.80 Å². The van der Waals surface area contributed by atoms with Crippen LogP contribution in [0.5, 0.6) is 5.75 Å². The summed E-state index contributed by atoms with van der Waals surface area (Å²) in [6, 6.07) is 6.05. The Morgan fingerprint density at radius 2 is 2.24 bits per heavy atom. The SMILES string of the molecule is O=[N+]([O-])c1ccc(OCc2sccc2C#CCO)cc1Cl. The fraction of sp³-hybridized carbons (Fsp3) is 0.143. The van der Waals surface area contributed by atoms with Gasteiger partial charge in [0.15, 0.2) is 0 Å². The van der Waals surface area contributed by atoms with Crippen LogP contribution in [0.3, 0.4) is 0 Å². The highest BCUT2D eigenvalue weighted by molar-refractivity contribution is 7.10. The Labute approximate surface area is 129 Å². The predicted molar refractivity (Wildman–Crippen MR) is 80.7 cm³/mol. The van der Waals surface area contributed by atoms with Gasteiger partial charge in [-0.3, -0.25) is 10.1 Å². The minimum absolute atomic E-state index is 0.0315. The molecule has 2 rings (SSSR count). The number of aliphatic hydroxyl groups is 1. The number of halogens is 1. The number of ether oxygens (including phenoxy) is 1. The van der Waals surface area contributed by atoms with Gasteiger partial charge in [-0.05, 0) is 17.5 Å². The maximum Gasteiger partial charge on any atom is 0.288 e. The van der Waals surface area contributed by atoms with E-state index >= 15 is 0 Å². The first-order valence-electron chi connectivity index (χ1n) is 5.84. The van der Waals surface area contributed by atoms with E-state index in [1.165, 1.54) is 29.5 Å². The highest BCUT2D eigenvalue weighted by Gasteiger charge is 2.13. The molecule has 0 saturated carbocycles. The molecule has 7 heteroatoms. The fourth-order valence-electron chi connectivity index (χ4n) is 1.57. The van der Waals surface area contributed by atoms with Crippen molar-refractivity contribution in [1.29, 1.82) is 0 Å². The van der Waals surface area contributed by atoms with Gasteiger partial charge in [0, 0.05) is 17.7 Å². The van der Waals surface area contributed by atoms with E-state index in [9.17, 15) is 10.1 Å². The van der Waals surface area contributed by atoms with Crippen molar-refractivity contribution in [2.45, 2.75) is 6.61 Å². The van der Waals surface area contributed by atoms with Gasteiger partial charge in [0.2, 0.25) is 0 Å². The second kappa shape index (κ2) is 7.09. The molecule has 0 spiro atoms. The van der Waals surface area contributed by atoms with Crippen LogP contribution in [0.4, 0.5) is 5.69 Å². The third kappa shape index (κ3) is 3.95. The zero-order valence-corrected chi connectivity index (χ0v) is 12.3. The van der Waals surface area contributed by atoms with Gasteiger partial charge in [0.1, 0.15) is 24.0 Å². The average Bonchev–Trinajstić information content (AvgIpc) is 2.90. The lowest BCUT2D eigenvalue weighted by molar-refractivity contribution is -0.384. The summed E-state index contributed by atoms with van der Waals surface area (Å²) >= 11 is 7.30. The van der Waals surface area contributed by atoms with Crippen molar-refractivity contribution in [3.63, 3.8) is 0 Å². The molecule has 1 N–H and O–H groups in total. The van der Waals surface area contributed by atoms with Crippen LogP contribution in [0.25, 0.3) is 0 Å². The van der Waals surface area contributed by atoms with Gasteiger partial charge >= 0.3 is 0 Å². The molecule has 1 aromatic heterocycles. The molecule has 0 aliphatic carbocycles. The summed E-state index contributed by atoms with van der Waals surface area (Å²) in [5.74, 6) is 5.85. The minimum atomic E-state index is -0.548. The van der Waals surface area contributed by atoms with Crippen molar-refractivity contribution in [3.8, 4) is 17.6 Å². The molecule has 0 fully saturated rings. The lowest BCUT2D eigenvalue weighted by Crippen LogP contribution is -1.96. The lowest BCUT2D eigenvalue weighted by atomic mass is 10.2. The monoisotopic (exact) mass is 323 g/mol. The molecule has 0 atom stereocenters. The summed E-state index contributed by atoms with van der Waals surface area (Å²) in [5, 5.41) is 21.3. The first kappa shape index (κ1) is 15.3. The van der Waals surface area contributed by atoms with Crippen LogP contribution in [0, 0.1) is 22.0 Å². The topological polar surface area (TPSA) is 72.6 Å². The number of thiophene rings is 1. The molecule has 0 unspecified atom stereocenters. The van der Waals surface area contributed by atoms with E-state index in [1.54, 1.807) is 0 Å². The van der Waals surface area contributed by atoms with Gasteiger partial charge in [-0.25, -0.2) is 0 Å². The first-order valence-corrected chi connectivity index (χ1v) is 7.10. The Hall–Kier alpha value is -2.07. The third-order valence-electron chi connectivity index (χ3n) is 2.53. The van der Waals surface area contributed by atoms with Gasteiger partial charge in [-0.15, -0.1) is 11.3 Å². The zero-order valence-electron chi connectivity index (χ0n) is 10.7. The molecule has 21 heavy (non-hydrogen) atoms. The maximum absolute atomic E-state index is 10.7. The van der Waals surface area contributed by atoms with Crippen molar-refractivity contribution < 1.29 is 14.8 Å². The highest BCUT2D eigenvalue weighted by Crippen LogP contribution is 2.29. The van der Waals surface area contributed by atoms with Gasteiger partial charge in [-0.2, -0.15) is 0 Å². The van der Waals surface area contributed by atoms with Crippen molar-refractivity contribution >= 4 is 28.6 Å². The Kier molecular flexibility index (Phi) is 5.17. The first-order chi connectivity index (χ1) is 10.1. The van der Waals surface area contributed by atoms with Crippen molar-refractivity contribution in [3.05, 3.63) is 55.2 Å². The predicted octanol–water partition coefficient (Wildman–Crippen LogP) is 3.23. The molecule has 1 heterocycles. The molecule has 1 aromatic carbocycles. The molecule has 0 aliphatic heterocycles. The van der Waals surface area contributed by atoms with Crippen LogP contribution in [0.1, 0.15) is 10.4 Å². The summed E-state index contributed by atoms with van der Waals surface area (Å²) in [5.41, 5.74) is 0.636. The second-order valence-electron chi connectivity index (χ2n) is 3.88. The molecular formula is C14H10ClNO4S. The quantitative estimate of drug-likeness (QED) is 0.532. The summed E-state index contributed by atoms with van der Waals surface area (Å²) in [7, 11) is 0. The van der Waals surface area contributed by atoms with E-state index in [4.69, 9.17) is 21.4 Å². The van der Waals surface area contributed by atoms with Gasteiger partial charge in [0.25, 0.3) is 5.69 Å². The molecule has 0 amide bonds. The molecule has 0 radical (unpaired) electrons. The van der Waals surface area contributed by atoms with E-state index in [0.29, 0.717) is 5.75 Å².